The van der Waals surface area contributed by atoms with Gasteiger partial charge in [0.1, 0.15) is 18.2 Å². The first kappa shape index (κ1) is 21.7. The summed E-state index contributed by atoms with van der Waals surface area (Å²) in [5, 5.41) is 7.31. The second-order valence-electron chi connectivity index (χ2n) is 7.79. The van der Waals surface area contributed by atoms with E-state index in [1.165, 1.54) is 47.4 Å². The maximum absolute atomic E-state index is 13.3. The number of aromatic nitrogens is 2. The molecule has 0 saturated heterocycles. The lowest BCUT2D eigenvalue weighted by Crippen LogP contribution is -2.26. The van der Waals surface area contributed by atoms with Gasteiger partial charge in [-0.2, -0.15) is 5.10 Å². The molecule has 0 aliphatic heterocycles. The van der Waals surface area contributed by atoms with Crippen molar-refractivity contribution in [3.8, 4) is 11.4 Å². The predicted molar refractivity (Wildman–Crippen MR) is 118 cm³/mol. The van der Waals surface area contributed by atoms with Gasteiger partial charge >= 0.3 is 0 Å². The molecule has 1 N–H and O–H groups in total. The van der Waals surface area contributed by atoms with Gasteiger partial charge in [0.2, 0.25) is 0 Å². The smallest absolute Gasteiger partial charge is 0.275 e. The van der Waals surface area contributed by atoms with E-state index in [1.54, 1.807) is 30.5 Å². The van der Waals surface area contributed by atoms with Gasteiger partial charge in [-0.3, -0.25) is 4.79 Å². The maximum atomic E-state index is 13.3. The Morgan fingerprint density at radius 3 is 2.44 bits per heavy atom. The van der Waals surface area contributed by atoms with E-state index in [1.807, 2.05) is 0 Å². The first-order valence-electron chi connectivity index (χ1n) is 10.8. The van der Waals surface area contributed by atoms with Crippen molar-refractivity contribution in [2.45, 2.75) is 38.7 Å². The van der Waals surface area contributed by atoms with Crippen LogP contribution < -0.4 is 10.1 Å². The number of rotatable bonds is 8. The number of halogens is 2. The van der Waals surface area contributed by atoms with Crippen LogP contribution in [0.2, 0.25) is 0 Å². The fourth-order valence-corrected chi connectivity index (χ4v) is 3.64. The van der Waals surface area contributed by atoms with Crippen molar-refractivity contribution in [3.63, 3.8) is 0 Å². The highest BCUT2D eigenvalue weighted by molar-refractivity contribution is 5.95. The van der Waals surface area contributed by atoms with E-state index < -0.39 is 0 Å². The Morgan fingerprint density at radius 2 is 1.75 bits per heavy atom. The van der Waals surface area contributed by atoms with Crippen LogP contribution >= 0.6 is 0 Å². The molecule has 0 radical (unpaired) electrons. The van der Waals surface area contributed by atoms with Gasteiger partial charge in [-0.15, -0.1) is 0 Å². The minimum atomic E-state index is -0.358. The molecule has 0 spiro atoms. The van der Waals surface area contributed by atoms with Gasteiger partial charge in [0.25, 0.3) is 5.91 Å². The zero-order valence-corrected chi connectivity index (χ0v) is 17.7. The largest absolute Gasteiger partial charge is 0.485 e. The molecule has 1 aliphatic carbocycles. The number of nitrogens with zero attached hydrogens (tertiary/aromatic N) is 2. The highest BCUT2D eigenvalue weighted by Gasteiger charge is 2.19. The molecule has 166 valence electrons. The zero-order valence-electron chi connectivity index (χ0n) is 17.7. The van der Waals surface area contributed by atoms with Crippen LogP contribution in [0, 0.1) is 11.6 Å². The molecule has 0 saturated carbocycles. The molecule has 3 aromatic rings. The van der Waals surface area contributed by atoms with Gasteiger partial charge in [-0.1, -0.05) is 23.8 Å². The van der Waals surface area contributed by atoms with Crippen LogP contribution in [0.15, 0.2) is 66.4 Å². The maximum Gasteiger partial charge on any atom is 0.275 e. The van der Waals surface area contributed by atoms with E-state index >= 15 is 0 Å². The second-order valence-corrected chi connectivity index (χ2v) is 7.79. The first-order chi connectivity index (χ1) is 15.6. The molecule has 0 unspecified atom stereocenters. The third-order valence-corrected chi connectivity index (χ3v) is 5.41. The number of ether oxygens (including phenoxy) is 1. The minimum absolute atomic E-state index is 0.147. The molecule has 0 bridgehead atoms. The summed E-state index contributed by atoms with van der Waals surface area (Å²) in [5.41, 5.74) is 2.89. The third-order valence-electron chi connectivity index (χ3n) is 5.41. The van der Waals surface area contributed by atoms with Gasteiger partial charge in [0.15, 0.2) is 11.4 Å². The summed E-state index contributed by atoms with van der Waals surface area (Å²) in [5.74, 6) is -0.723. The monoisotopic (exact) mass is 437 g/mol. The number of nitrogens with one attached hydrogen (secondary N) is 1. The van der Waals surface area contributed by atoms with Gasteiger partial charge in [-0.05, 0) is 74.1 Å². The third kappa shape index (κ3) is 5.60. The minimum Gasteiger partial charge on any atom is -0.485 e. The summed E-state index contributed by atoms with van der Waals surface area (Å²) in [6.45, 7) is 0.675. The van der Waals surface area contributed by atoms with Crippen LogP contribution in [0.5, 0.6) is 5.75 Å². The van der Waals surface area contributed by atoms with Crippen LogP contribution in [0.1, 0.15) is 48.2 Å². The Kier molecular flexibility index (Phi) is 6.94. The zero-order chi connectivity index (χ0) is 22.3. The van der Waals surface area contributed by atoms with Crippen molar-refractivity contribution in [1.82, 2.24) is 15.1 Å². The first-order valence-corrected chi connectivity index (χ1v) is 10.8. The van der Waals surface area contributed by atoms with Gasteiger partial charge < -0.3 is 10.1 Å². The molecular formula is C25H25F2N3O2. The molecule has 1 aromatic heterocycles. The number of allylic oxidation sites excluding steroid dienone is 1. The van der Waals surface area contributed by atoms with Crippen molar-refractivity contribution >= 4 is 5.91 Å². The Labute approximate surface area is 185 Å². The molecule has 0 fully saturated rings. The Balaban J connectivity index is 1.49. The molecule has 4 rings (SSSR count). The van der Waals surface area contributed by atoms with Crippen molar-refractivity contribution in [1.29, 1.82) is 0 Å². The number of hydrogen-bond donors (Lipinski definition) is 1. The van der Waals surface area contributed by atoms with Gasteiger partial charge in [0, 0.05) is 6.54 Å². The summed E-state index contributed by atoms with van der Waals surface area (Å²) in [6.07, 6.45) is 9.28. The summed E-state index contributed by atoms with van der Waals surface area (Å²) in [4.78, 5) is 12.9. The highest BCUT2D eigenvalue weighted by Crippen LogP contribution is 2.23. The van der Waals surface area contributed by atoms with E-state index in [2.05, 4.69) is 16.5 Å². The fourth-order valence-electron chi connectivity index (χ4n) is 3.64. The summed E-state index contributed by atoms with van der Waals surface area (Å²) in [6, 6.07) is 11.8. The van der Waals surface area contributed by atoms with E-state index in [0.29, 0.717) is 18.0 Å². The quantitative estimate of drug-likeness (QED) is 0.484. The molecule has 1 heterocycles. The summed E-state index contributed by atoms with van der Waals surface area (Å²) < 4.78 is 33.8. The van der Waals surface area contributed by atoms with Crippen LogP contribution in [-0.4, -0.2) is 22.2 Å². The molecule has 0 atom stereocenters. The summed E-state index contributed by atoms with van der Waals surface area (Å²) in [7, 11) is 0. The molecule has 7 heteroatoms. The average Bonchev–Trinajstić information content (AvgIpc) is 3.24. The number of amides is 1. The summed E-state index contributed by atoms with van der Waals surface area (Å²) >= 11 is 0. The lowest BCUT2D eigenvalue weighted by Gasteiger charge is -2.12. The molecule has 1 aliphatic rings. The Bertz CT molecular complexity index is 1090. The van der Waals surface area contributed by atoms with Crippen molar-refractivity contribution in [3.05, 3.63) is 89.3 Å². The predicted octanol–water partition coefficient (Wildman–Crippen LogP) is 5.35. The van der Waals surface area contributed by atoms with E-state index in [9.17, 15) is 13.6 Å². The van der Waals surface area contributed by atoms with Crippen LogP contribution in [0.4, 0.5) is 8.78 Å². The molecule has 5 nitrogen and oxygen atoms in total. The fraction of sp³-hybridized carbons (Fsp3) is 0.280. The van der Waals surface area contributed by atoms with E-state index in [-0.39, 0.29) is 29.8 Å². The Morgan fingerprint density at radius 1 is 1.03 bits per heavy atom. The van der Waals surface area contributed by atoms with Crippen molar-refractivity contribution in [2.24, 2.45) is 0 Å². The van der Waals surface area contributed by atoms with Crippen LogP contribution in [0.25, 0.3) is 5.69 Å². The van der Waals surface area contributed by atoms with Crippen LogP contribution in [-0.2, 0) is 6.61 Å². The molecule has 32 heavy (non-hydrogen) atoms. The lowest BCUT2D eigenvalue weighted by molar-refractivity contribution is 0.0944. The standard InChI is InChI=1S/C25H25F2N3O2/c26-20-8-6-19(7-9-20)17-32-23-16-30(22-12-10-21(27)11-13-22)29-24(23)25(31)28-15-14-18-4-2-1-3-5-18/h4,6-13,16H,1-3,5,14-15,17H2,(H,28,31). The van der Waals surface area contributed by atoms with Gasteiger partial charge in [0.05, 0.1) is 11.9 Å². The molecule has 2 aromatic carbocycles. The number of benzene rings is 2. The molecular weight excluding hydrogens is 412 g/mol. The molecule has 1 amide bonds. The SMILES string of the molecule is O=C(NCCC1=CCCCC1)c1nn(-c2ccc(F)cc2)cc1OCc1ccc(F)cc1. The average molecular weight is 437 g/mol. The lowest BCUT2D eigenvalue weighted by atomic mass is 9.97. The van der Waals surface area contributed by atoms with Crippen molar-refractivity contribution in [2.75, 3.05) is 6.54 Å². The van der Waals surface area contributed by atoms with Crippen LogP contribution in [0.3, 0.4) is 0 Å². The Hall–Kier alpha value is -3.48. The van der Waals surface area contributed by atoms with E-state index in [0.717, 1.165) is 24.8 Å². The highest BCUT2D eigenvalue weighted by atomic mass is 19.1. The normalized spacial score (nSPS) is 13.5. The number of carbonyl (C=O) groups is 1. The van der Waals surface area contributed by atoms with Crippen molar-refractivity contribution < 1.29 is 18.3 Å². The van der Waals surface area contributed by atoms with E-state index in [4.69, 9.17) is 4.74 Å². The number of carbonyl (C=O) groups excluding carboxylic acids is 1. The number of hydrogen-bond acceptors (Lipinski definition) is 3. The van der Waals surface area contributed by atoms with Gasteiger partial charge in [-0.25, -0.2) is 13.5 Å². The topological polar surface area (TPSA) is 56.2 Å². The second kappa shape index (κ2) is 10.2.